The lowest BCUT2D eigenvalue weighted by molar-refractivity contribution is 0.249. The number of aliphatic hydroxyl groups excluding tert-OH is 1. The first-order valence-electron chi connectivity index (χ1n) is 4.97. The van der Waals surface area contributed by atoms with Crippen LogP contribution in [0.5, 0.6) is 0 Å². The molecule has 15 heavy (non-hydrogen) atoms. The van der Waals surface area contributed by atoms with Gasteiger partial charge in [0.15, 0.2) is 0 Å². The molecule has 0 fully saturated rings. The first kappa shape index (κ1) is 12.1. The van der Waals surface area contributed by atoms with Crippen molar-refractivity contribution in [2.24, 2.45) is 5.92 Å². The molecule has 0 aromatic heterocycles. The highest BCUT2D eigenvalue weighted by Crippen LogP contribution is 2.24. The summed E-state index contributed by atoms with van der Waals surface area (Å²) in [5.74, 6) is 0.327. The van der Waals surface area contributed by atoms with Gasteiger partial charge in [-0.2, -0.15) is 0 Å². The molecule has 1 atom stereocenters. The molecule has 1 rings (SSSR count). The Kier molecular flexibility index (Phi) is 4.24. The molecular weight excluding hydrogens is 212 g/mol. The first-order valence-corrected chi connectivity index (χ1v) is 5.34. The van der Waals surface area contributed by atoms with E-state index in [2.05, 4.69) is 5.32 Å². The van der Waals surface area contributed by atoms with Crippen molar-refractivity contribution in [2.45, 2.75) is 19.9 Å². The normalized spacial score (nSPS) is 12.9. The molecule has 84 valence electrons. The Hall–Kier alpha value is -0.930. The SMILES string of the molecule is CC(C)C(CO)Nc1cc(Cl)ccc1N. The highest BCUT2D eigenvalue weighted by Gasteiger charge is 2.12. The quantitative estimate of drug-likeness (QED) is 0.694. The van der Waals surface area contributed by atoms with Gasteiger partial charge in [-0.15, -0.1) is 0 Å². The largest absolute Gasteiger partial charge is 0.397 e. The lowest BCUT2D eigenvalue weighted by Gasteiger charge is -2.22. The van der Waals surface area contributed by atoms with Gasteiger partial charge in [-0.25, -0.2) is 0 Å². The predicted octanol–water partition coefficient (Wildman–Crippen LogP) is 2.35. The minimum Gasteiger partial charge on any atom is -0.397 e. The average Bonchev–Trinajstić information content (AvgIpc) is 2.18. The van der Waals surface area contributed by atoms with Crippen molar-refractivity contribution in [3.8, 4) is 0 Å². The van der Waals surface area contributed by atoms with Crippen LogP contribution in [0.1, 0.15) is 13.8 Å². The van der Waals surface area contributed by atoms with Crippen LogP contribution >= 0.6 is 11.6 Å². The number of halogens is 1. The fourth-order valence-corrected chi connectivity index (χ4v) is 1.45. The van der Waals surface area contributed by atoms with Gasteiger partial charge in [-0.1, -0.05) is 25.4 Å². The van der Waals surface area contributed by atoms with E-state index in [1.807, 2.05) is 13.8 Å². The van der Waals surface area contributed by atoms with Crippen LogP contribution in [0.4, 0.5) is 11.4 Å². The van der Waals surface area contributed by atoms with Crippen LogP contribution in [0.3, 0.4) is 0 Å². The van der Waals surface area contributed by atoms with Gasteiger partial charge in [0, 0.05) is 5.02 Å². The third kappa shape index (κ3) is 3.29. The molecule has 0 bridgehead atoms. The molecule has 1 aromatic carbocycles. The van der Waals surface area contributed by atoms with Crippen LogP contribution in [0.15, 0.2) is 18.2 Å². The zero-order valence-electron chi connectivity index (χ0n) is 9.00. The summed E-state index contributed by atoms with van der Waals surface area (Å²) < 4.78 is 0. The number of nitrogens with two attached hydrogens (primary N) is 1. The number of hydrogen-bond acceptors (Lipinski definition) is 3. The summed E-state index contributed by atoms with van der Waals surface area (Å²) in [7, 11) is 0. The minimum atomic E-state index is -0.00855. The number of anilines is 2. The standard InChI is InChI=1S/C11H17ClN2O/c1-7(2)11(6-15)14-10-5-8(12)3-4-9(10)13/h3-5,7,11,14-15H,6,13H2,1-2H3. The van der Waals surface area contributed by atoms with E-state index in [0.717, 1.165) is 5.69 Å². The average molecular weight is 229 g/mol. The number of nitrogen functional groups attached to an aromatic ring is 1. The van der Waals surface area contributed by atoms with Crippen LogP contribution in [-0.4, -0.2) is 17.8 Å². The van der Waals surface area contributed by atoms with E-state index >= 15 is 0 Å². The van der Waals surface area contributed by atoms with Crippen molar-refractivity contribution in [3.63, 3.8) is 0 Å². The highest BCUT2D eigenvalue weighted by molar-refractivity contribution is 6.31. The van der Waals surface area contributed by atoms with Gasteiger partial charge >= 0.3 is 0 Å². The summed E-state index contributed by atoms with van der Waals surface area (Å²) in [6.45, 7) is 4.15. The molecular formula is C11H17ClN2O. The van der Waals surface area contributed by atoms with E-state index in [1.54, 1.807) is 18.2 Å². The molecule has 0 saturated heterocycles. The maximum Gasteiger partial charge on any atom is 0.0635 e. The second kappa shape index (κ2) is 5.24. The Labute approximate surface area is 95.2 Å². The third-order valence-corrected chi connectivity index (χ3v) is 2.59. The molecule has 3 nitrogen and oxygen atoms in total. The number of rotatable bonds is 4. The Morgan fingerprint density at radius 2 is 2.13 bits per heavy atom. The smallest absolute Gasteiger partial charge is 0.0635 e. The Bertz CT molecular complexity index is 328. The van der Waals surface area contributed by atoms with E-state index < -0.39 is 0 Å². The molecule has 1 unspecified atom stereocenters. The van der Waals surface area contributed by atoms with E-state index in [-0.39, 0.29) is 12.6 Å². The lowest BCUT2D eigenvalue weighted by atomic mass is 10.0. The van der Waals surface area contributed by atoms with Crippen molar-refractivity contribution in [3.05, 3.63) is 23.2 Å². The van der Waals surface area contributed by atoms with Gasteiger partial charge < -0.3 is 16.2 Å². The van der Waals surface area contributed by atoms with Gasteiger partial charge in [0.25, 0.3) is 0 Å². The zero-order chi connectivity index (χ0) is 11.4. The molecule has 0 amide bonds. The number of nitrogens with one attached hydrogen (secondary N) is 1. The van der Waals surface area contributed by atoms with Crippen LogP contribution in [0.2, 0.25) is 5.02 Å². The molecule has 0 aliphatic carbocycles. The topological polar surface area (TPSA) is 58.3 Å². The summed E-state index contributed by atoms with van der Waals surface area (Å²) >= 11 is 5.86. The van der Waals surface area contributed by atoms with Crippen LogP contribution < -0.4 is 11.1 Å². The number of aliphatic hydroxyl groups is 1. The monoisotopic (exact) mass is 228 g/mol. The van der Waals surface area contributed by atoms with Crippen LogP contribution in [0, 0.1) is 5.92 Å². The third-order valence-electron chi connectivity index (χ3n) is 2.36. The van der Waals surface area contributed by atoms with Crippen molar-refractivity contribution >= 4 is 23.0 Å². The van der Waals surface area contributed by atoms with Crippen LogP contribution in [0.25, 0.3) is 0 Å². The summed E-state index contributed by atoms with van der Waals surface area (Å²) in [5.41, 5.74) is 7.20. The first-order chi connectivity index (χ1) is 7.04. The molecule has 0 spiro atoms. The van der Waals surface area contributed by atoms with E-state index in [9.17, 15) is 5.11 Å². The maximum absolute atomic E-state index is 9.18. The van der Waals surface area contributed by atoms with Crippen molar-refractivity contribution < 1.29 is 5.11 Å². The number of benzene rings is 1. The summed E-state index contributed by atoms with van der Waals surface area (Å²) in [6.07, 6.45) is 0. The Balaban J connectivity index is 2.82. The Morgan fingerprint density at radius 1 is 1.47 bits per heavy atom. The lowest BCUT2D eigenvalue weighted by Crippen LogP contribution is -2.29. The second-order valence-electron chi connectivity index (χ2n) is 3.91. The molecule has 0 heterocycles. The molecule has 0 saturated carbocycles. The predicted molar refractivity (Wildman–Crippen MR) is 65.2 cm³/mol. The van der Waals surface area contributed by atoms with Crippen molar-refractivity contribution in [2.75, 3.05) is 17.7 Å². The van der Waals surface area contributed by atoms with E-state index in [0.29, 0.717) is 16.6 Å². The second-order valence-corrected chi connectivity index (χ2v) is 4.35. The van der Waals surface area contributed by atoms with E-state index in [1.165, 1.54) is 0 Å². The van der Waals surface area contributed by atoms with Gasteiger partial charge in [0.1, 0.15) is 0 Å². The molecule has 0 aliphatic rings. The summed E-state index contributed by atoms with van der Waals surface area (Å²) in [5, 5.41) is 13.0. The van der Waals surface area contributed by atoms with E-state index in [4.69, 9.17) is 17.3 Å². The number of hydrogen-bond donors (Lipinski definition) is 3. The molecule has 0 aliphatic heterocycles. The van der Waals surface area contributed by atoms with Gasteiger partial charge in [-0.05, 0) is 24.1 Å². The molecule has 4 heteroatoms. The van der Waals surface area contributed by atoms with Crippen molar-refractivity contribution in [1.82, 2.24) is 0 Å². The van der Waals surface area contributed by atoms with Crippen molar-refractivity contribution in [1.29, 1.82) is 0 Å². The fraction of sp³-hybridized carbons (Fsp3) is 0.455. The zero-order valence-corrected chi connectivity index (χ0v) is 9.75. The highest BCUT2D eigenvalue weighted by atomic mass is 35.5. The maximum atomic E-state index is 9.18. The van der Waals surface area contributed by atoms with Crippen LogP contribution in [-0.2, 0) is 0 Å². The molecule has 4 N–H and O–H groups in total. The van der Waals surface area contributed by atoms with Gasteiger partial charge in [0.05, 0.1) is 24.0 Å². The van der Waals surface area contributed by atoms with Gasteiger partial charge in [0.2, 0.25) is 0 Å². The molecule has 1 aromatic rings. The fourth-order valence-electron chi connectivity index (χ4n) is 1.28. The van der Waals surface area contributed by atoms with Gasteiger partial charge in [-0.3, -0.25) is 0 Å². The molecule has 0 radical (unpaired) electrons. The minimum absolute atomic E-state index is 0.00855. The summed E-state index contributed by atoms with van der Waals surface area (Å²) in [4.78, 5) is 0. The Morgan fingerprint density at radius 3 is 2.67 bits per heavy atom. The summed E-state index contributed by atoms with van der Waals surface area (Å²) in [6, 6.07) is 5.25.